The van der Waals surface area contributed by atoms with Crippen molar-refractivity contribution in [2.24, 2.45) is 0 Å². The van der Waals surface area contributed by atoms with Crippen LogP contribution in [-0.2, 0) is 32.7 Å². The molecule has 1 aromatic heterocycles. The molecule has 1 unspecified atom stereocenters. The number of hydrogen-bond acceptors (Lipinski definition) is 13. The third-order valence-corrected chi connectivity index (χ3v) is 15.5. The number of aryl methyl sites for hydroxylation is 1. The summed E-state index contributed by atoms with van der Waals surface area (Å²) in [5.41, 5.74) is 6.96. The smallest absolute Gasteiger partial charge is 0.308 e. The second-order valence-electron chi connectivity index (χ2n) is 17.1. The molecule has 0 saturated carbocycles. The Labute approximate surface area is 365 Å². The lowest BCUT2D eigenvalue weighted by Gasteiger charge is -2.61. The van der Waals surface area contributed by atoms with Gasteiger partial charge in [-0.15, -0.1) is 18.3 Å². The molecule has 0 radical (unpaired) electrons. The number of esters is 1. The number of nitrogens with zero attached hydrogens (tertiary/aromatic N) is 4. The molecule has 1 N–H and O–H groups in total. The van der Waals surface area contributed by atoms with Crippen molar-refractivity contribution in [3.8, 4) is 34.8 Å². The van der Waals surface area contributed by atoms with E-state index in [1.807, 2.05) is 32.1 Å². The van der Waals surface area contributed by atoms with Crippen LogP contribution in [0.25, 0.3) is 10.9 Å². The molecule has 7 aliphatic rings. The predicted molar refractivity (Wildman–Crippen MR) is 234 cm³/mol. The first-order valence-electron chi connectivity index (χ1n) is 21.2. The highest BCUT2D eigenvalue weighted by Gasteiger charge is 2.62. The Morgan fingerprint density at radius 2 is 1.92 bits per heavy atom. The number of ketones is 1. The number of hydrogen-bond donors (Lipinski definition) is 1. The molecule has 2 saturated heterocycles. The summed E-state index contributed by atoms with van der Waals surface area (Å²) in [5, 5.41) is 12.0. The van der Waals surface area contributed by atoms with Crippen molar-refractivity contribution in [1.29, 1.82) is 5.26 Å². The number of thioether (sulfide) groups is 1. The van der Waals surface area contributed by atoms with E-state index >= 15 is 4.79 Å². The first-order chi connectivity index (χ1) is 30.1. The summed E-state index contributed by atoms with van der Waals surface area (Å²) in [6.45, 7) is 14.6. The Bertz CT molecular complexity index is 2600. The zero-order valence-corrected chi connectivity index (χ0v) is 36.6. The molecule has 0 amide bonds. The van der Waals surface area contributed by atoms with E-state index in [0.29, 0.717) is 59.6 Å². The van der Waals surface area contributed by atoms with E-state index in [2.05, 4.69) is 64.2 Å². The van der Waals surface area contributed by atoms with Crippen molar-refractivity contribution in [2.45, 2.75) is 74.6 Å². The third kappa shape index (κ3) is 5.75. The van der Waals surface area contributed by atoms with E-state index < -0.39 is 34.9 Å². The zero-order valence-electron chi connectivity index (χ0n) is 35.7. The van der Waals surface area contributed by atoms with E-state index in [0.717, 1.165) is 56.4 Å². The topological polar surface area (TPSA) is 139 Å². The molecule has 7 atom stereocenters. The van der Waals surface area contributed by atoms with Crippen LogP contribution in [0.3, 0.4) is 0 Å². The van der Waals surface area contributed by atoms with Crippen LogP contribution in [0.4, 0.5) is 0 Å². The average Bonchev–Trinajstić information content (AvgIpc) is 3.90. The van der Waals surface area contributed by atoms with Crippen LogP contribution in [-0.4, -0.2) is 109 Å². The molecule has 11 rings (SSSR count). The molecule has 4 aromatic rings. The molecule has 7 aliphatic heterocycles. The fourth-order valence-corrected chi connectivity index (χ4v) is 13.5. The molecule has 62 heavy (non-hydrogen) atoms. The second kappa shape index (κ2) is 15.5. The lowest BCUT2D eigenvalue weighted by molar-refractivity contribution is -0.138. The molecule has 4 bridgehead atoms. The molecule has 1 spiro atoms. The van der Waals surface area contributed by atoms with Gasteiger partial charge in [-0.05, 0) is 56.5 Å². The van der Waals surface area contributed by atoms with Crippen molar-refractivity contribution < 1.29 is 38.0 Å². The van der Waals surface area contributed by atoms with Crippen molar-refractivity contribution in [3.63, 3.8) is 0 Å². The Morgan fingerprint density at radius 1 is 1.11 bits per heavy atom. The quantitative estimate of drug-likeness (QED) is 0.122. The molecule has 2 fully saturated rings. The average molecular weight is 858 g/mol. The number of aromatic nitrogens is 1. The van der Waals surface area contributed by atoms with Crippen LogP contribution in [0.5, 0.6) is 28.7 Å². The minimum atomic E-state index is -1.16. The number of piperazine rings is 1. The SMILES string of the molecule is C=CCOc1c(OC)c(C)cc2c1[C@@H]1C3[C@@H]4SC[C@]5(C(=O)COC[C@@H](c6c7c(c(C)c(OC(C)=O)c64)OCO7)N3[C@@H](C#N)[C@H](C2)N1C)c1[nH]c2ccccc2c1CCN5CC=C. The van der Waals surface area contributed by atoms with Gasteiger partial charge in [0.1, 0.15) is 30.5 Å². The lowest BCUT2D eigenvalue weighted by atomic mass is 9.71. The highest BCUT2D eigenvalue weighted by Crippen LogP contribution is 2.65. The largest absolute Gasteiger partial charge is 0.493 e. The van der Waals surface area contributed by atoms with Gasteiger partial charge in [-0.25, -0.2) is 0 Å². The van der Waals surface area contributed by atoms with Gasteiger partial charge in [-0.1, -0.05) is 43.0 Å². The lowest BCUT2D eigenvalue weighted by Crippen LogP contribution is -2.69. The fourth-order valence-electron chi connectivity index (χ4n) is 11.7. The maximum atomic E-state index is 15.4. The number of carbonyl (C=O) groups excluding carboxylic acids is 2. The minimum absolute atomic E-state index is 0.0194. The molecule has 322 valence electrons. The maximum absolute atomic E-state index is 15.4. The van der Waals surface area contributed by atoms with Crippen molar-refractivity contribution in [2.75, 3.05) is 59.6 Å². The number of para-hydroxylation sites is 1. The molecule has 0 aliphatic carbocycles. The van der Waals surface area contributed by atoms with Crippen LogP contribution in [0, 0.1) is 25.2 Å². The maximum Gasteiger partial charge on any atom is 0.308 e. The van der Waals surface area contributed by atoms with Crippen molar-refractivity contribution in [3.05, 3.63) is 100 Å². The Hall–Kier alpha value is -5.30. The number of H-pyrrole nitrogens is 1. The van der Waals surface area contributed by atoms with Crippen molar-refractivity contribution >= 4 is 34.4 Å². The van der Waals surface area contributed by atoms with Gasteiger partial charge in [0.15, 0.2) is 28.8 Å². The Balaban J connectivity index is 1.28. The van der Waals surface area contributed by atoms with Gasteiger partial charge in [0.2, 0.25) is 6.79 Å². The third-order valence-electron chi connectivity index (χ3n) is 14.1. The summed E-state index contributed by atoms with van der Waals surface area (Å²) in [5.74, 6) is 2.48. The number of ether oxygens (including phenoxy) is 6. The van der Waals surface area contributed by atoms with Gasteiger partial charge < -0.3 is 33.4 Å². The number of carbonyl (C=O) groups is 2. The van der Waals surface area contributed by atoms with Crippen LogP contribution in [0.1, 0.15) is 68.9 Å². The number of likely N-dealkylation sites (N-methyl/N-ethyl adjacent to an activating group) is 1. The molecule has 14 heteroatoms. The number of benzene rings is 3. The van der Waals surface area contributed by atoms with Gasteiger partial charge in [0.25, 0.3) is 0 Å². The van der Waals surface area contributed by atoms with E-state index in [4.69, 9.17) is 28.4 Å². The summed E-state index contributed by atoms with van der Waals surface area (Å²) in [6.07, 6.45) is 4.92. The van der Waals surface area contributed by atoms with Gasteiger partial charge in [-0.2, -0.15) is 5.26 Å². The van der Waals surface area contributed by atoms with Gasteiger partial charge >= 0.3 is 5.97 Å². The van der Waals surface area contributed by atoms with E-state index in [1.54, 1.807) is 24.9 Å². The molecule has 3 aromatic carbocycles. The number of rotatable bonds is 7. The van der Waals surface area contributed by atoms with Gasteiger partial charge in [-0.3, -0.25) is 24.3 Å². The normalized spacial score (nSPS) is 27.6. The first-order valence-corrected chi connectivity index (χ1v) is 22.3. The van der Waals surface area contributed by atoms with Crippen molar-refractivity contribution in [1.82, 2.24) is 19.7 Å². The zero-order chi connectivity index (χ0) is 43.2. The summed E-state index contributed by atoms with van der Waals surface area (Å²) < 4.78 is 38.3. The number of Topliss-reactive ketones (excluding diaryl/α,β-unsaturated/α-hetero) is 1. The number of nitrogens with one attached hydrogen (secondary N) is 1. The Morgan fingerprint density at radius 3 is 2.68 bits per heavy atom. The van der Waals surface area contributed by atoms with Crippen LogP contribution < -0.4 is 23.7 Å². The molecular formula is C48H51N5O8S. The Kier molecular flexibility index (Phi) is 10.2. The number of aromatic amines is 1. The highest BCUT2D eigenvalue weighted by atomic mass is 32.2. The van der Waals surface area contributed by atoms with E-state index in [-0.39, 0.29) is 44.5 Å². The standard InChI is InChI=1S/C48H51N5O8S/c1-8-15-52-16-14-30-29-12-10-11-13-31(29)50-47(30)48(52)23-62-46-38-37(45-43(59-24-60-45)26(4)42(38)61-27(5)54)34(21-57-22-35(48)55)53-33(20-49)32-19-28-18-25(3)41(56-7)44(58-17-9-2)36(28)39(40(46)53)51(32)6/h8-13,18,32-34,39-40,46,50H,1-2,14-17,19,21-24H2,3-7H3/t32-,33-,34-,39+,40?,46+,48-/m0/s1. The molecular weight excluding hydrogens is 807 g/mol. The van der Waals surface area contributed by atoms with Crippen LogP contribution in [0.2, 0.25) is 0 Å². The van der Waals surface area contributed by atoms with Crippen LogP contribution in [0.15, 0.2) is 55.6 Å². The highest BCUT2D eigenvalue weighted by molar-refractivity contribution is 7.99. The summed E-state index contributed by atoms with van der Waals surface area (Å²) >= 11 is 1.65. The fraction of sp³-hybridized carbons (Fsp3) is 0.438. The summed E-state index contributed by atoms with van der Waals surface area (Å²) in [7, 11) is 3.75. The van der Waals surface area contributed by atoms with E-state index in [9.17, 15) is 10.1 Å². The number of fused-ring (bicyclic) bond motifs is 12. The number of methoxy groups -OCH3 is 1. The first kappa shape index (κ1) is 40.8. The van der Waals surface area contributed by atoms with E-state index in [1.165, 1.54) is 6.92 Å². The minimum Gasteiger partial charge on any atom is -0.493 e. The predicted octanol–water partition coefficient (Wildman–Crippen LogP) is 6.55. The summed E-state index contributed by atoms with van der Waals surface area (Å²) in [6, 6.07) is 10.9. The molecule has 13 nitrogen and oxygen atoms in total. The summed E-state index contributed by atoms with van der Waals surface area (Å²) in [4.78, 5) is 39.3. The second-order valence-corrected chi connectivity index (χ2v) is 18.2. The van der Waals surface area contributed by atoms with Gasteiger partial charge in [0, 0.05) is 76.7 Å². The molecule has 8 heterocycles. The number of nitriles is 1. The monoisotopic (exact) mass is 857 g/mol. The van der Waals surface area contributed by atoms with Gasteiger partial charge in [0.05, 0.1) is 37.1 Å². The van der Waals surface area contributed by atoms with Crippen LogP contribution >= 0.6 is 11.8 Å².